The first-order chi connectivity index (χ1) is 11.8. The summed E-state index contributed by atoms with van der Waals surface area (Å²) in [6.07, 6.45) is 2.73. The zero-order valence-electron chi connectivity index (χ0n) is 13.5. The fourth-order valence-corrected chi connectivity index (χ4v) is 2.68. The summed E-state index contributed by atoms with van der Waals surface area (Å²) >= 11 is 5.20. The van der Waals surface area contributed by atoms with Crippen LogP contribution in [0.2, 0.25) is 0 Å². The Morgan fingerprint density at radius 1 is 1.25 bits per heavy atom. The maximum Gasteiger partial charge on any atom is 0.231 e. The van der Waals surface area contributed by atoms with E-state index in [9.17, 15) is 0 Å². The van der Waals surface area contributed by atoms with Crippen LogP contribution >= 0.6 is 12.2 Å². The van der Waals surface area contributed by atoms with Gasteiger partial charge in [-0.15, -0.1) is 0 Å². The molecule has 1 fully saturated rings. The Balaban J connectivity index is 1.32. The van der Waals surface area contributed by atoms with Gasteiger partial charge in [-0.2, -0.15) is 5.10 Å². The summed E-state index contributed by atoms with van der Waals surface area (Å²) < 4.78 is 15.9. The minimum absolute atomic E-state index is 0.270. The SMILES string of the molecule is S=C(NCCCN1CCOCC1)NN=Cc1ccc2c(c1)OCO2. The van der Waals surface area contributed by atoms with Crippen LogP contribution in [0.1, 0.15) is 12.0 Å². The lowest BCUT2D eigenvalue weighted by Crippen LogP contribution is -2.39. The first-order valence-corrected chi connectivity index (χ1v) is 8.49. The van der Waals surface area contributed by atoms with Crippen molar-refractivity contribution in [2.24, 2.45) is 5.10 Å². The lowest BCUT2D eigenvalue weighted by molar-refractivity contribution is 0.0376. The summed E-state index contributed by atoms with van der Waals surface area (Å²) in [5.74, 6) is 1.50. The molecule has 0 bridgehead atoms. The highest BCUT2D eigenvalue weighted by molar-refractivity contribution is 7.80. The Labute approximate surface area is 146 Å². The Hall–Kier alpha value is -1.90. The lowest BCUT2D eigenvalue weighted by Gasteiger charge is -2.26. The first kappa shape index (κ1) is 16.9. The van der Waals surface area contributed by atoms with E-state index in [0.717, 1.165) is 62.9 Å². The van der Waals surface area contributed by atoms with Crippen molar-refractivity contribution in [3.8, 4) is 11.5 Å². The second kappa shape index (κ2) is 8.81. The van der Waals surface area contributed by atoms with Crippen LogP contribution in [-0.4, -0.2) is 62.4 Å². The van der Waals surface area contributed by atoms with E-state index in [4.69, 9.17) is 26.4 Å². The predicted molar refractivity (Wildman–Crippen MR) is 95.8 cm³/mol. The smallest absolute Gasteiger partial charge is 0.231 e. The average Bonchev–Trinajstić information content (AvgIpc) is 3.07. The summed E-state index contributed by atoms with van der Waals surface area (Å²) in [6, 6.07) is 5.66. The summed E-state index contributed by atoms with van der Waals surface area (Å²) in [5, 5.41) is 7.81. The second-order valence-electron chi connectivity index (χ2n) is 5.55. The number of hydrogen-bond donors (Lipinski definition) is 2. The molecule has 130 valence electrons. The molecule has 0 amide bonds. The van der Waals surface area contributed by atoms with Crippen molar-refractivity contribution in [3.05, 3.63) is 23.8 Å². The molecule has 0 spiro atoms. The van der Waals surface area contributed by atoms with Gasteiger partial charge in [0, 0.05) is 19.6 Å². The van der Waals surface area contributed by atoms with Gasteiger partial charge < -0.3 is 19.5 Å². The largest absolute Gasteiger partial charge is 0.454 e. The predicted octanol–water partition coefficient (Wildman–Crippen LogP) is 0.936. The van der Waals surface area contributed by atoms with Gasteiger partial charge in [0.1, 0.15) is 0 Å². The van der Waals surface area contributed by atoms with Crippen molar-refractivity contribution in [1.82, 2.24) is 15.6 Å². The van der Waals surface area contributed by atoms with E-state index in [1.165, 1.54) is 0 Å². The number of ether oxygens (including phenoxy) is 3. The third-order valence-electron chi connectivity index (χ3n) is 3.82. The van der Waals surface area contributed by atoms with Crippen LogP contribution in [0, 0.1) is 0 Å². The molecular weight excluding hydrogens is 328 g/mol. The molecule has 8 heteroatoms. The highest BCUT2D eigenvalue weighted by Gasteiger charge is 2.12. The van der Waals surface area contributed by atoms with E-state index in [2.05, 4.69) is 20.7 Å². The van der Waals surface area contributed by atoms with Crippen molar-refractivity contribution in [2.45, 2.75) is 6.42 Å². The van der Waals surface area contributed by atoms with Gasteiger partial charge in [-0.3, -0.25) is 10.3 Å². The maximum absolute atomic E-state index is 5.33. The van der Waals surface area contributed by atoms with Crippen LogP contribution in [0.3, 0.4) is 0 Å². The molecule has 2 N–H and O–H groups in total. The lowest BCUT2D eigenvalue weighted by atomic mass is 10.2. The summed E-state index contributed by atoms with van der Waals surface area (Å²) in [6.45, 7) is 5.85. The van der Waals surface area contributed by atoms with Crippen LogP contribution in [0.25, 0.3) is 0 Å². The van der Waals surface area contributed by atoms with Gasteiger partial charge >= 0.3 is 0 Å². The van der Waals surface area contributed by atoms with Crippen molar-refractivity contribution >= 4 is 23.5 Å². The van der Waals surface area contributed by atoms with Gasteiger partial charge in [0.25, 0.3) is 0 Å². The minimum atomic E-state index is 0.270. The van der Waals surface area contributed by atoms with E-state index in [-0.39, 0.29) is 6.79 Å². The Bertz CT molecular complexity index is 591. The number of thiocarbonyl (C=S) groups is 1. The summed E-state index contributed by atoms with van der Waals surface area (Å²) in [5.41, 5.74) is 3.74. The number of nitrogens with one attached hydrogen (secondary N) is 2. The fourth-order valence-electron chi connectivity index (χ4n) is 2.53. The van der Waals surface area contributed by atoms with E-state index >= 15 is 0 Å². The summed E-state index contributed by atoms with van der Waals surface area (Å²) in [7, 11) is 0. The number of morpholine rings is 1. The van der Waals surface area contributed by atoms with Crippen molar-refractivity contribution in [2.75, 3.05) is 46.2 Å². The molecule has 0 saturated carbocycles. The standard InChI is InChI=1S/C16H22N4O3S/c24-16(17-4-1-5-20-6-8-21-9-7-20)19-18-11-13-2-3-14-15(10-13)23-12-22-14/h2-3,10-11H,1,4-9,12H2,(H2,17,19,24). The molecule has 7 nitrogen and oxygen atoms in total. The molecule has 0 unspecified atom stereocenters. The second-order valence-corrected chi connectivity index (χ2v) is 5.95. The fraction of sp³-hybridized carbons (Fsp3) is 0.500. The van der Waals surface area contributed by atoms with Crippen molar-refractivity contribution in [3.63, 3.8) is 0 Å². The van der Waals surface area contributed by atoms with Crippen molar-refractivity contribution < 1.29 is 14.2 Å². The zero-order chi connectivity index (χ0) is 16.6. The van der Waals surface area contributed by atoms with Gasteiger partial charge in [0.15, 0.2) is 16.6 Å². The maximum atomic E-state index is 5.33. The van der Waals surface area contributed by atoms with E-state index < -0.39 is 0 Å². The number of benzene rings is 1. The molecule has 1 saturated heterocycles. The molecule has 2 aliphatic heterocycles. The third kappa shape index (κ3) is 5.05. The third-order valence-corrected chi connectivity index (χ3v) is 4.05. The number of nitrogens with zero attached hydrogens (tertiary/aromatic N) is 2. The number of hydrazone groups is 1. The number of rotatable bonds is 6. The van der Waals surface area contributed by atoms with Crippen LogP contribution < -0.4 is 20.2 Å². The van der Waals surface area contributed by atoms with Gasteiger partial charge in [-0.05, 0) is 48.9 Å². The first-order valence-electron chi connectivity index (χ1n) is 8.08. The Morgan fingerprint density at radius 3 is 2.96 bits per heavy atom. The van der Waals surface area contributed by atoms with Crippen LogP contribution in [0.5, 0.6) is 11.5 Å². The quantitative estimate of drug-likeness (QED) is 0.342. The molecule has 0 aromatic heterocycles. The molecule has 3 rings (SSSR count). The van der Waals surface area contributed by atoms with E-state index in [1.807, 2.05) is 18.2 Å². The molecule has 24 heavy (non-hydrogen) atoms. The topological polar surface area (TPSA) is 67.4 Å². The summed E-state index contributed by atoms with van der Waals surface area (Å²) in [4.78, 5) is 2.40. The number of hydrogen-bond acceptors (Lipinski definition) is 6. The van der Waals surface area contributed by atoms with Gasteiger partial charge in [0.2, 0.25) is 6.79 Å². The van der Waals surface area contributed by atoms with E-state index in [1.54, 1.807) is 6.21 Å². The van der Waals surface area contributed by atoms with Gasteiger partial charge in [-0.1, -0.05) is 0 Å². The molecule has 1 aromatic carbocycles. The molecule has 0 atom stereocenters. The average molecular weight is 350 g/mol. The molecule has 2 heterocycles. The molecule has 2 aliphatic rings. The molecule has 0 aliphatic carbocycles. The molecule has 0 radical (unpaired) electrons. The monoisotopic (exact) mass is 350 g/mol. The van der Waals surface area contributed by atoms with Crippen molar-refractivity contribution in [1.29, 1.82) is 0 Å². The van der Waals surface area contributed by atoms with Crippen LogP contribution in [0.15, 0.2) is 23.3 Å². The van der Waals surface area contributed by atoms with E-state index in [0.29, 0.717) is 5.11 Å². The zero-order valence-corrected chi connectivity index (χ0v) is 14.3. The Morgan fingerprint density at radius 2 is 2.08 bits per heavy atom. The Kier molecular flexibility index (Phi) is 6.22. The van der Waals surface area contributed by atoms with Gasteiger partial charge in [0.05, 0.1) is 19.4 Å². The molecule has 1 aromatic rings. The van der Waals surface area contributed by atoms with Gasteiger partial charge in [-0.25, -0.2) is 0 Å². The molecular formula is C16H22N4O3S. The highest BCUT2D eigenvalue weighted by atomic mass is 32.1. The van der Waals surface area contributed by atoms with Crippen LogP contribution in [0.4, 0.5) is 0 Å². The minimum Gasteiger partial charge on any atom is -0.454 e. The highest BCUT2D eigenvalue weighted by Crippen LogP contribution is 2.31. The number of fused-ring (bicyclic) bond motifs is 1. The normalized spacial score (nSPS) is 17.2. The van der Waals surface area contributed by atoms with Crippen LogP contribution in [-0.2, 0) is 4.74 Å².